The molecule has 0 unspecified atom stereocenters. The Kier molecular flexibility index (Phi) is 6.17. The second kappa shape index (κ2) is 7.27. The fraction of sp³-hybridized carbons (Fsp3) is 0.364. The molecule has 1 aromatic carbocycles. The van der Waals surface area contributed by atoms with Crippen molar-refractivity contribution in [1.82, 2.24) is 4.72 Å². The van der Waals surface area contributed by atoms with Crippen molar-refractivity contribution in [3.05, 3.63) is 28.8 Å². The van der Waals surface area contributed by atoms with Gasteiger partial charge in [0, 0.05) is 6.54 Å². The second-order valence-corrected chi connectivity index (χ2v) is 6.23. The van der Waals surface area contributed by atoms with E-state index in [2.05, 4.69) is 0 Å². The van der Waals surface area contributed by atoms with Crippen molar-refractivity contribution in [3.8, 4) is 0 Å². The third kappa shape index (κ3) is 5.44. The number of carbonyl (C=O) groups excluding carboxylic acids is 1. The lowest BCUT2D eigenvalue weighted by molar-refractivity contribution is -0.137. The van der Waals surface area contributed by atoms with Crippen LogP contribution in [-0.4, -0.2) is 34.1 Å². The standard InChI is InChI=1S/C11H12ClF3N2O4S/c12-9-2-1-7(5-8(9)11(13,14)15)22(19,20)17-3-4-21-6-10(16)18/h1-2,5,17H,3-4,6H2,(H2,16,18). The number of halogens is 4. The first-order chi connectivity index (χ1) is 10.0. The molecule has 0 radical (unpaired) electrons. The van der Waals surface area contributed by atoms with E-state index >= 15 is 0 Å². The van der Waals surface area contributed by atoms with E-state index in [4.69, 9.17) is 22.1 Å². The molecule has 124 valence electrons. The average Bonchev–Trinajstić information content (AvgIpc) is 2.36. The highest BCUT2D eigenvalue weighted by Gasteiger charge is 2.34. The first-order valence-electron chi connectivity index (χ1n) is 5.76. The summed E-state index contributed by atoms with van der Waals surface area (Å²) in [6, 6.07) is 2.24. The van der Waals surface area contributed by atoms with Crippen LogP contribution in [0.5, 0.6) is 0 Å². The van der Waals surface area contributed by atoms with Crippen LogP contribution in [0.4, 0.5) is 13.2 Å². The Labute approximate surface area is 129 Å². The zero-order chi connectivity index (χ0) is 17.0. The predicted molar refractivity (Wildman–Crippen MR) is 71.7 cm³/mol. The average molecular weight is 361 g/mol. The SMILES string of the molecule is NC(=O)COCCNS(=O)(=O)c1ccc(Cl)c(C(F)(F)F)c1. The summed E-state index contributed by atoms with van der Waals surface area (Å²) in [4.78, 5) is 9.80. The summed E-state index contributed by atoms with van der Waals surface area (Å²) in [5.41, 5.74) is 3.55. The third-order valence-electron chi connectivity index (χ3n) is 2.34. The molecule has 0 aliphatic carbocycles. The number of nitrogens with two attached hydrogens (primary N) is 1. The van der Waals surface area contributed by atoms with Crippen LogP contribution in [-0.2, 0) is 25.7 Å². The molecule has 6 nitrogen and oxygen atoms in total. The van der Waals surface area contributed by atoms with E-state index in [1.807, 2.05) is 4.72 Å². The molecule has 0 aliphatic rings. The molecule has 1 amide bonds. The maximum Gasteiger partial charge on any atom is 0.417 e. The number of rotatable bonds is 7. The predicted octanol–water partition coefficient (Wildman–Crippen LogP) is 1.14. The number of nitrogens with one attached hydrogen (secondary N) is 1. The van der Waals surface area contributed by atoms with Crippen LogP contribution in [0.3, 0.4) is 0 Å². The van der Waals surface area contributed by atoms with Gasteiger partial charge in [0.1, 0.15) is 6.61 Å². The van der Waals surface area contributed by atoms with Gasteiger partial charge in [0.05, 0.1) is 22.1 Å². The summed E-state index contributed by atoms with van der Waals surface area (Å²) in [7, 11) is -4.17. The quantitative estimate of drug-likeness (QED) is 0.712. The van der Waals surface area contributed by atoms with Gasteiger partial charge in [-0.1, -0.05) is 11.6 Å². The number of sulfonamides is 1. The summed E-state index contributed by atoms with van der Waals surface area (Å²) in [6.07, 6.45) is -4.77. The number of carbonyl (C=O) groups is 1. The molecule has 0 atom stereocenters. The summed E-state index contributed by atoms with van der Waals surface area (Å²) < 4.78 is 68.5. The molecule has 0 fully saturated rings. The molecular formula is C11H12ClF3N2O4S. The Hall–Kier alpha value is -1.36. The minimum absolute atomic E-state index is 0.165. The van der Waals surface area contributed by atoms with Gasteiger partial charge in [0.25, 0.3) is 0 Å². The summed E-state index contributed by atoms with van der Waals surface area (Å²) >= 11 is 5.41. The number of amides is 1. The highest BCUT2D eigenvalue weighted by molar-refractivity contribution is 7.89. The van der Waals surface area contributed by atoms with Gasteiger partial charge in [-0.2, -0.15) is 13.2 Å². The minimum Gasteiger partial charge on any atom is -0.370 e. The highest BCUT2D eigenvalue weighted by atomic mass is 35.5. The normalized spacial score (nSPS) is 12.4. The van der Waals surface area contributed by atoms with E-state index in [0.29, 0.717) is 6.07 Å². The van der Waals surface area contributed by atoms with E-state index in [9.17, 15) is 26.4 Å². The van der Waals surface area contributed by atoms with Crippen LogP contribution in [0.2, 0.25) is 5.02 Å². The monoisotopic (exact) mass is 360 g/mol. The lowest BCUT2D eigenvalue weighted by Gasteiger charge is -2.12. The van der Waals surface area contributed by atoms with Crippen LogP contribution < -0.4 is 10.5 Å². The van der Waals surface area contributed by atoms with E-state index < -0.39 is 37.6 Å². The fourth-order valence-corrected chi connectivity index (χ4v) is 2.66. The van der Waals surface area contributed by atoms with Gasteiger partial charge in [-0.05, 0) is 18.2 Å². The summed E-state index contributed by atoms with van der Waals surface area (Å²) in [6.45, 7) is -0.789. The van der Waals surface area contributed by atoms with Gasteiger partial charge < -0.3 is 10.5 Å². The molecule has 11 heteroatoms. The Morgan fingerprint density at radius 1 is 1.36 bits per heavy atom. The van der Waals surface area contributed by atoms with Crippen molar-refractivity contribution in [2.24, 2.45) is 5.73 Å². The Morgan fingerprint density at radius 2 is 2.00 bits per heavy atom. The van der Waals surface area contributed by atoms with Crippen LogP contribution in [0, 0.1) is 0 Å². The largest absolute Gasteiger partial charge is 0.417 e. The molecule has 0 saturated carbocycles. The zero-order valence-electron chi connectivity index (χ0n) is 11.0. The number of ether oxygens (including phenoxy) is 1. The van der Waals surface area contributed by atoms with Crippen LogP contribution in [0.25, 0.3) is 0 Å². The van der Waals surface area contributed by atoms with Gasteiger partial charge in [0.15, 0.2) is 0 Å². The minimum atomic E-state index is -4.77. The van der Waals surface area contributed by atoms with E-state index in [1.54, 1.807) is 0 Å². The maximum atomic E-state index is 12.7. The molecule has 0 saturated heterocycles. The molecule has 0 aliphatic heterocycles. The van der Waals surface area contributed by atoms with Crippen LogP contribution >= 0.6 is 11.6 Å². The Bertz CT molecular complexity index is 649. The van der Waals surface area contributed by atoms with E-state index in [-0.39, 0.29) is 19.8 Å². The second-order valence-electron chi connectivity index (χ2n) is 4.06. The van der Waals surface area contributed by atoms with Crippen molar-refractivity contribution in [2.75, 3.05) is 19.8 Å². The van der Waals surface area contributed by atoms with Crippen molar-refractivity contribution in [3.63, 3.8) is 0 Å². The number of primary amides is 1. The van der Waals surface area contributed by atoms with Gasteiger partial charge in [-0.15, -0.1) is 0 Å². The Balaban J connectivity index is 2.79. The van der Waals surface area contributed by atoms with Crippen molar-refractivity contribution in [1.29, 1.82) is 0 Å². The van der Waals surface area contributed by atoms with Crippen molar-refractivity contribution >= 4 is 27.5 Å². The van der Waals surface area contributed by atoms with Crippen LogP contribution in [0.1, 0.15) is 5.56 Å². The van der Waals surface area contributed by atoms with Gasteiger partial charge in [0.2, 0.25) is 15.9 Å². The lowest BCUT2D eigenvalue weighted by Crippen LogP contribution is -2.29. The smallest absolute Gasteiger partial charge is 0.370 e. The molecule has 0 aromatic heterocycles. The van der Waals surface area contributed by atoms with Crippen LogP contribution in [0.15, 0.2) is 23.1 Å². The van der Waals surface area contributed by atoms with E-state index in [0.717, 1.165) is 12.1 Å². The lowest BCUT2D eigenvalue weighted by atomic mass is 10.2. The zero-order valence-corrected chi connectivity index (χ0v) is 12.6. The fourth-order valence-electron chi connectivity index (χ4n) is 1.39. The number of hydrogen-bond donors (Lipinski definition) is 2. The van der Waals surface area contributed by atoms with Gasteiger partial charge >= 0.3 is 6.18 Å². The molecule has 0 bridgehead atoms. The summed E-state index contributed by atoms with van der Waals surface area (Å²) in [5.74, 6) is -0.727. The molecule has 0 spiro atoms. The highest BCUT2D eigenvalue weighted by Crippen LogP contribution is 2.35. The molecule has 3 N–H and O–H groups in total. The molecular weight excluding hydrogens is 349 g/mol. The molecule has 1 rings (SSSR count). The number of hydrogen-bond acceptors (Lipinski definition) is 4. The van der Waals surface area contributed by atoms with Crippen molar-refractivity contribution < 1.29 is 31.1 Å². The molecule has 1 aromatic rings. The van der Waals surface area contributed by atoms with E-state index in [1.165, 1.54) is 0 Å². The number of alkyl halides is 3. The summed E-state index contributed by atoms with van der Waals surface area (Å²) in [5, 5.41) is -0.601. The third-order valence-corrected chi connectivity index (χ3v) is 4.12. The molecule has 22 heavy (non-hydrogen) atoms. The van der Waals surface area contributed by atoms with Gasteiger partial charge in [-0.3, -0.25) is 4.79 Å². The molecule has 0 heterocycles. The first-order valence-corrected chi connectivity index (χ1v) is 7.62. The van der Waals surface area contributed by atoms with Crippen molar-refractivity contribution in [2.45, 2.75) is 11.1 Å². The first kappa shape index (κ1) is 18.7. The number of benzene rings is 1. The van der Waals surface area contributed by atoms with Gasteiger partial charge in [-0.25, -0.2) is 13.1 Å². The Morgan fingerprint density at radius 3 is 2.55 bits per heavy atom. The maximum absolute atomic E-state index is 12.7. The topological polar surface area (TPSA) is 98.5 Å².